The monoisotopic (exact) mass is 401 g/mol. The van der Waals surface area contributed by atoms with Crippen molar-refractivity contribution < 1.29 is 22.9 Å². The Labute approximate surface area is 155 Å². The predicted octanol–water partition coefficient (Wildman–Crippen LogP) is 1.29. The number of rotatable bonds is 6. The lowest BCUT2D eigenvalue weighted by atomic mass is 10.3. The number of carbonyl (C=O) groups excluding carboxylic acids is 1. The lowest BCUT2D eigenvalue weighted by Crippen LogP contribution is -2.48. The minimum Gasteiger partial charge on any atom is -0.490 e. The summed E-state index contributed by atoms with van der Waals surface area (Å²) in [5.41, 5.74) is -0.432. The molecule has 0 N–H and O–H groups in total. The summed E-state index contributed by atoms with van der Waals surface area (Å²) in [6.45, 7) is 0. The van der Waals surface area contributed by atoms with Gasteiger partial charge in [0, 0.05) is 24.9 Å². The summed E-state index contributed by atoms with van der Waals surface area (Å²) >= 11 is 1.35. The van der Waals surface area contributed by atoms with Gasteiger partial charge in [-0.2, -0.15) is 4.31 Å². The zero-order valence-corrected chi connectivity index (χ0v) is 16.0. The van der Waals surface area contributed by atoms with E-state index < -0.39 is 26.7 Å². The first-order valence-electron chi connectivity index (χ1n) is 7.96. The maximum Gasteiger partial charge on any atom is 0.312 e. The molecule has 11 heteroatoms. The number of carbonyl (C=O) groups is 1. The van der Waals surface area contributed by atoms with Crippen molar-refractivity contribution in [3.05, 3.63) is 28.3 Å². The molecule has 1 aliphatic carbocycles. The van der Waals surface area contributed by atoms with Gasteiger partial charge in [-0.15, -0.1) is 11.8 Å². The van der Waals surface area contributed by atoms with Crippen molar-refractivity contribution in [2.24, 2.45) is 0 Å². The highest BCUT2D eigenvalue weighted by Crippen LogP contribution is 2.35. The number of nitro groups is 1. The third-order valence-corrected chi connectivity index (χ3v) is 7.55. The summed E-state index contributed by atoms with van der Waals surface area (Å²) in [4.78, 5) is 24.5. The number of ether oxygens (including phenoxy) is 1. The van der Waals surface area contributed by atoms with Crippen LogP contribution in [0.1, 0.15) is 12.8 Å². The average Bonchev–Trinajstić information content (AvgIpc) is 3.35. The molecule has 0 spiro atoms. The molecule has 3 rings (SSSR count). The van der Waals surface area contributed by atoms with Crippen molar-refractivity contribution in [3.63, 3.8) is 0 Å². The number of sulfonamides is 1. The van der Waals surface area contributed by atoms with Crippen LogP contribution in [0, 0.1) is 10.1 Å². The number of likely N-dealkylation sites (N-methyl/N-ethyl adjacent to an activating group) is 1. The number of hydrogen-bond donors (Lipinski definition) is 0. The fourth-order valence-electron chi connectivity index (χ4n) is 2.84. The normalized spacial score (nSPS) is 20.8. The van der Waals surface area contributed by atoms with Gasteiger partial charge in [0.1, 0.15) is 6.04 Å². The Bertz CT molecular complexity index is 840. The van der Waals surface area contributed by atoms with Crippen LogP contribution in [-0.4, -0.2) is 66.3 Å². The van der Waals surface area contributed by atoms with E-state index in [1.165, 1.54) is 31.0 Å². The number of nitrogens with zero attached hydrogens (tertiary/aromatic N) is 3. The molecule has 1 unspecified atom stereocenters. The molecule has 2 fully saturated rings. The molecule has 1 amide bonds. The topological polar surface area (TPSA) is 110 Å². The third-order valence-electron chi connectivity index (χ3n) is 4.52. The number of nitro benzene ring substituents is 1. The summed E-state index contributed by atoms with van der Waals surface area (Å²) in [5.74, 6) is 0.250. The summed E-state index contributed by atoms with van der Waals surface area (Å²) in [5, 5.41) is 11.2. The molecule has 142 valence electrons. The number of hydrogen-bond acceptors (Lipinski definition) is 7. The highest BCUT2D eigenvalue weighted by Gasteiger charge is 2.44. The summed E-state index contributed by atoms with van der Waals surface area (Å²) in [6.07, 6.45) is 1.86. The van der Waals surface area contributed by atoms with Gasteiger partial charge in [0.2, 0.25) is 15.9 Å². The van der Waals surface area contributed by atoms with Crippen LogP contribution in [0.4, 0.5) is 5.69 Å². The second-order valence-corrected chi connectivity index (χ2v) is 9.07. The van der Waals surface area contributed by atoms with Crippen LogP contribution < -0.4 is 4.74 Å². The molecule has 1 atom stereocenters. The van der Waals surface area contributed by atoms with Crippen LogP contribution in [0.25, 0.3) is 0 Å². The summed E-state index contributed by atoms with van der Waals surface area (Å²) < 4.78 is 32.1. The molecule has 0 aromatic heterocycles. The molecule has 1 saturated carbocycles. The zero-order valence-electron chi connectivity index (χ0n) is 14.3. The standard InChI is InChI=1S/C15H19N3O6S2/c1-16(10-3-4-10)15(19)13-8-25-9-17(13)26(22,23)11-5-6-14(24-2)12(7-11)18(20)21/h5-7,10,13H,3-4,8-9H2,1-2H3. The van der Waals surface area contributed by atoms with Gasteiger partial charge in [-0.05, 0) is 25.0 Å². The molecular formula is C15H19N3O6S2. The van der Waals surface area contributed by atoms with Gasteiger partial charge in [0.25, 0.3) is 0 Å². The minimum atomic E-state index is -4.05. The average molecular weight is 401 g/mol. The van der Waals surface area contributed by atoms with Gasteiger partial charge in [-0.3, -0.25) is 14.9 Å². The molecular weight excluding hydrogens is 382 g/mol. The zero-order chi connectivity index (χ0) is 19.1. The largest absolute Gasteiger partial charge is 0.490 e. The predicted molar refractivity (Wildman–Crippen MR) is 95.6 cm³/mol. The Kier molecular flexibility index (Phi) is 5.13. The quantitative estimate of drug-likeness (QED) is 0.522. The Hall–Kier alpha value is -1.85. The van der Waals surface area contributed by atoms with Crippen LogP contribution in [0.3, 0.4) is 0 Å². The minimum absolute atomic E-state index is 0.0224. The van der Waals surface area contributed by atoms with E-state index in [0.717, 1.165) is 23.2 Å². The van der Waals surface area contributed by atoms with E-state index >= 15 is 0 Å². The number of methoxy groups -OCH3 is 1. The van der Waals surface area contributed by atoms with Crippen molar-refractivity contribution in [1.29, 1.82) is 0 Å². The molecule has 1 heterocycles. The van der Waals surface area contributed by atoms with E-state index in [9.17, 15) is 23.3 Å². The van der Waals surface area contributed by atoms with Crippen LogP contribution in [0.2, 0.25) is 0 Å². The fraction of sp³-hybridized carbons (Fsp3) is 0.533. The van der Waals surface area contributed by atoms with Crippen LogP contribution >= 0.6 is 11.8 Å². The Morgan fingerprint density at radius 2 is 2.12 bits per heavy atom. The number of thioether (sulfide) groups is 1. The molecule has 0 radical (unpaired) electrons. The van der Waals surface area contributed by atoms with Crippen molar-refractivity contribution in [2.75, 3.05) is 25.8 Å². The first kappa shape index (κ1) is 18.9. The number of benzene rings is 1. The van der Waals surface area contributed by atoms with Crippen LogP contribution in [0.15, 0.2) is 23.1 Å². The second kappa shape index (κ2) is 7.05. The van der Waals surface area contributed by atoms with Crippen molar-refractivity contribution >= 4 is 33.4 Å². The van der Waals surface area contributed by atoms with Gasteiger partial charge in [0.15, 0.2) is 5.75 Å². The van der Waals surface area contributed by atoms with Gasteiger partial charge >= 0.3 is 5.69 Å². The Balaban J connectivity index is 1.92. The van der Waals surface area contributed by atoms with E-state index in [1.54, 1.807) is 11.9 Å². The number of amides is 1. The van der Waals surface area contributed by atoms with Crippen LogP contribution in [0.5, 0.6) is 5.75 Å². The van der Waals surface area contributed by atoms with E-state index in [1.807, 2.05) is 0 Å². The highest BCUT2D eigenvalue weighted by molar-refractivity contribution is 8.00. The summed E-state index contributed by atoms with van der Waals surface area (Å²) in [6, 6.07) is 2.87. The van der Waals surface area contributed by atoms with Gasteiger partial charge < -0.3 is 9.64 Å². The Morgan fingerprint density at radius 1 is 1.42 bits per heavy atom. The highest BCUT2D eigenvalue weighted by atomic mass is 32.2. The smallest absolute Gasteiger partial charge is 0.312 e. The van der Waals surface area contributed by atoms with Crippen molar-refractivity contribution in [2.45, 2.75) is 29.8 Å². The lowest BCUT2D eigenvalue weighted by molar-refractivity contribution is -0.386. The van der Waals surface area contributed by atoms with Crippen molar-refractivity contribution in [1.82, 2.24) is 9.21 Å². The molecule has 1 aromatic rings. The van der Waals surface area contributed by atoms with E-state index in [-0.39, 0.29) is 28.5 Å². The lowest BCUT2D eigenvalue weighted by Gasteiger charge is -2.26. The molecule has 1 aliphatic heterocycles. The van der Waals surface area contributed by atoms with Gasteiger partial charge in [0.05, 0.1) is 22.8 Å². The molecule has 1 aromatic carbocycles. The molecule has 2 aliphatic rings. The Morgan fingerprint density at radius 3 is 2.69 bits per heavy atom. The third kappa shape index (κ3) is 3.38. The first-order chi connectivity index (χ1) is 12.3. The maximum absolute atomic E-state index is 13.0. The van der Waals surface area contributed by atoms with E-state index in [0.29, 0.717) is 5.75 Å². The second-order valence-electron chi connectivity index (χ2n) is 6.18. The molecule has 26 heavy (non-hydrogen) atoms. The van der Waals surface area contributed by atoms with Gasteiger partial charge in [-0.25, -0.2) is 8.42 Å². The summed E-state index contributed by atoms with van der Waals surface area (Å²) in [7, 11) is -1.09. The fourth-order valence-corrected chi connectivity index (χ4v) is 6.00. The maximum atomic E-state index is 13.0. The SMILES string of the molecule is COc1ccc(S(=O)(=O)N2CSCC2C(=O)N(C)C2CC2)cc1[N+](=O)[O-]. The van der Waals surface area contributed by atoms with Crippen LogP contribution in [-0.2, 0) is 14.8 Å². The van der Waals surface area contributed by atoms with Crippen molar-refractivity contribution in [3.8, 4) is 5.75 Å². The first-order valence-corrected chi connectivity index (χ1v) is 10.6. The molecule has 9 nitrogen and oxygen atoms in total. The molecule has 1 saturated heterocycles. The molecule has 0 bridgehead atoms. The van der Waals surface area contributed by atoms with E-state index in [4.69, 9.17) is 4.74 Å². The van der Waals surface area contributed by atoms with E-state index in [2.05, 4.69) is 0 Å². The van der Waals surface area contributed by atoms with Gasteiger partial charge in [-0.1, -0.05) is 0 Å².